The van der Waals surface area contributed by atoms with E-state index >= 15 is 0 Å². The number of pyridine rings is 1. The van der Waals surface area contributed by atoms with Crippen molar-refractivity contribution in [3.8, 4) is 22.9 Å². The Morgan fingerprint density at radius 1 is 1.21 bits per heavy atom. The Labute approximate surface area is 199 Å². The Morgan fingerprint density at radius 2 is 1.91 bits per heavy atom. The molecule has 0 atom stereocenters. The first-order valence-corrected chi connectivity index (χ1v) is 10.4. The minimum absolute atomic E-state index is 0.0112. The van der Waals surface area contributed by atoms with Crippen LogP contribution in [-0.2, 0) is 6.54 Å². The van der Waals surface area contributed by atoms with E-state index in [1.54, 1.807) is 6.07 Å². The number of benzene rings is 1. The molecule has 0 amide bonds. The van der Waals surface area contributed by atoms with Gasteiger partial charge in [0.2, 0.25) is 0 Å². The first-order valence-electron chi connectivity index (χ1n) is 9.66. The summed E-state index contributed by atoms with van der Waals surface area (Å²) >= 11 is 11.9. The van der Waals surface area contributed by atoms with Crippen molar-refractivity contribution in [3.63, 3.8) is 0 Å². The third-order valence-corrected chi connectivity index (χ3v) is 5.84. The van der Waals surface area contributed by atoms with Gasteiger partial charge >= 0.3 is 5.69 Å². The zero-order chi connectivity index (χ0) is 24.8. The topological polar surface area (TPSA) is 104 Å². The molecule has 13 heteroatoms. The summed E-state index contributed by atoms with van der Waals surface area (Å²) in [6.45, 7) is -1.78. The molecule has 3 aromatic rings. The fraction of sp³-hybridized carbons (Fsp3) is 0.238. The molecule has 0 saturated carbocycles. The molecule has 0 radical (unpaired) electrons. The summed E-state index contributed by atoms with van der Waals surface area (Å²) in [4.78, 5) is 32.0. The number of halogens is 5. The van der Waals surface area contributed by atoms with Gasteiger partial charge in [0.15, 0.2) is 5.60 Å². The summed E-state index contributed by atoms with van der Waals surface area (Å²) < 4.78 is 42.0. The van der Waals surface area contributed by atoms with Crippen LogP contribution in [0.15, 0.2) is 46.2 Å². The third-order valence-electron chi connectivity index (χ3n) is 5.34. The van der Waals surface area contributed by atoms with Crippen LogP contribution >= 0.6 is 23.2 Å². The first-order chi connectivity index (χ1) is 16.1. The summed E-state index contributed by atoms with van der Waals surface area (Å²) in [7, 11) is 0. The summed E-state index contributed by atoms with van der Waals surface area (Å²) in [5.74, 6) is -0.955. The van der Waals surface area contributed by atoms with Crippen LogP contribution in [-0.4, -0.2) is 44.3 Å². The van der Waals surface area contributed by atoms with E-state index in [0.717, 1.165) is 16.7 Å². The van der Waals surface area contributed by atoms with Gasteiger partial charge < -0.3 is 10.0 Å². The standard InChI is InChI=1S/C21H14Cl2F3N5O3/c22-12-6-13(8-28-7-12)31-18(32)16(11-1-2-15(24)14(23)5-11)17(30(4-3-27)20(31)33)29-9-21(34,10-29)19(25)26/h1-2,5-8,19,34H,4,9-10H2. The van der Waals surface area contributed by atoms with Crippen LogP contribution < -0.4 is 16.1 Å². The lowest BCUT2D eigenvalue weighted by Gasteiger charge is -2.47. The van der Waals surface area contributed by atoms with Gasteiger partial charge in [-0.15, -0.1) is 0 Å². The fourth-order valence-electron chi connectivity index (χ4n) is 3.74. The number of β-amino-alcohol motifs (C(OH)–C–C–N with tert-alkyl or cyclic N) is 1. The Balaban J connectivity index is 2.07. The Kier molecular flexibility index (Phi) is 6.16. The number of anilines is 1. The van der Waals surface area contributed by atoms with Crippen LogP contribution in [0.3, 0.4) is 0 Å². The van der Waals surface area contributed by atoms with Crippen molar-refractivity contribution < 1.29 is 18.3 Å². The van der Waals surface area contributed by atoms with E-state index < -0.39 is 48.7 Å². The molecule has 4 rings (SSSR count). The Hall–Kier alpha value is -3.33. The highest BCUT2D eigenvalue weighted by atomic mass is 35.5. The van der Waals surface area contributed by atoms with Crippen molar-refractivity contribution in [1.82, 2.24) is 14.1 Å². The highest BCUT2D eigenvalue weighted by Gasteiger charge is 2.50. The zero-order valence-corrected chi connectivity index (χ0v) is 18.6. The van der Waals surface area contributed by atoms with Crippen LogP contribution in [0.1, 0.15) is 0 Å². The van der Waals surface area contributed by atoms with Gasteiger partial charge in [0, 0.05) is 6.20 Å². The van der Waals surface area contributed by atoms with E-state index in [-0.39, 0.29) is 32.7 Å². The maximum absolute atomic E-state index is 13.8. The van der Waals surface area contributed by atoms with Crippen LogP contribution in [0.2, 0.25) is 10.0 Å². The molecule has 1 saturated heterocycles. The lowest BCUT2D eigenvalue weighted by atomic mass is 9.93. The van der Waals surface area contributed by atoms with Crippen LogP contribution in [0.5, 0.6) is 0 Å². The molecule has 0 spiro atoms. The maximum Gasteiger partial charge on any atom is 0.338 e. The van der Waals surface area contributed by atoms with E-state index in [9.17, 15) is 33.1 Å². The number of hydrogen-bond acceptors (Lipinski definition) is 6. The molecule has 2 aromatic heterocycles. The van der Waals surface area contributed by atoms with Crippen LogP contribution in [0, 0.1) is 17.1 Å². The molecule has 34 heavy (non-hydrogen) atoms. The van der Waals surface area contributed by atoms with Gasteiger partial charge in [-0.3, -0.25) is 14.3 Å². The number of hydrogen-bond donors (Lipinski definition) is 1. The highest BCUT2D eigenvalue weighted by Crippen LogP contribution is 2.37. The first kappa shape index (κ1) is 23.8. The molecule has 1 aliphatic rings. The molecule has 0 unspecified atom stereocenters. The number of aromatic nitrogens is 3. The van der Waals surface area contributed by atoms with Crippen molar-refractivity contribution in [1.29, 1.82) is 5.26 Å². The number of alkyl halides is 2. The molecule has 1 aromatic carbocycles. The van der Waals surface area contributed by atoms with Gasteiger partial charge in [0.1, 0.15) is 18.2 Å². The molecule has 1 aliphatic heterocycles. The van der Waals surface area contributed by atoms with E-state index in [2.05, 4.69) is 4.98 Å². The van der Waals surface area contributed by atoms with Crippen molar-refractivity contribution in [2.75, 3.05) is 18.0 Å². The number of aliphatic hydroxyl groups is 1. The average Bonchev–Trinajstić information content (AvgIpc) is 2.75. The van der Waals surface area contributed by atoms with Crippen LogP contribution in [0.4, 0.5) is 19.0 Å². The van der Waals surface area contributed by atoms with Gasteiger partial charge in [-0.1, -0.05) is 29.3 Å². The number of rotatable bonds is 5. The third kappa shape index (κ3) is 3.94. The lowest BCUT2D eigenvalue weighted by Crippen LogP contribution is -2.67. The number of nitriles is 1. The molecule has 1 fully saturated rings. The largest absolute Gasteiger partial charge is 0.380 e. The van der Waals surface area contributed by atoms with Gasteiger partial charge in [-0.25, -0.2) is 22.5 Å². The fourth-order valence-corrected chi connectivity index (χ4v) is 4.09. The lowest BCUT2D eigenvalue weighted by molar-refractivity contribution is -0.112. The second-order valence-electron chi connectivity index (χ2n) is 7.62. The Bertz CT molecular complexity index is 1450. The summed E-state index contributed by atoms with van der Waals surface area (Å²) in [5.41, 5.74) is -4.40. The molecule has 0 bridgehead atoms. The van der Waals surface area contributed by atoms with E-state index in [1.165, 1.54) is 29.4 Å². The second kappa shape index (κ2) is 8.79. The van der Waals surface area contributed by atoms with E-state index in [1.807, 2.05) is 0 Å². The van der Waals surface area contributed by atoms with Crippen molar-refractivity contribution in [2.45, 2.75) is 18.6 Å². The predicted octanol–water partition coefficient (Wildman–Crippen LogP) is 2.85. The van der Waals surface area contributed by atoms with E-state index in [4.69, 9.17) is 23.2 Å². The van der Waals surface area contributed by atoms with Crippen molar-refractivity contribution >= 4 is 29.0 Å². The molecule has 3 heterocycles. The predicted molar refractivity (Wildman–Crippen MR) is 118 cm³/mol. The zero-order valence-electron chi connectivity index (χ0n) is 17.1. The molecule has 8 nitrogen and oxygen atoms in total. The highest BCUT2D eigenvalue weighted by molar-refractivity contribution is 6.31. The van der Waals surface area contributed by atoms with Gasteiger partial charge in [0.05, 0.1) is 46.7 Å². The quantitative estimate of drug-likeness (QED) is 0.564. The van der Waals surface area contributed by atoms with Gasteiger partial charge in [-0.2, -0.15) is 5.26 Å². The molecule has 0 aliphatic carbocycles. The molecular weight excluding hydrogens is 498 g/mol. The molecule has 1 N–H and O–H groups in total. The van der Waals surface area contributed by atoms with Gasteiger partial charge in [-0.05, 0) is 23.8 Å². The smallest absolute Gasteiger partial charge is 0.338 e. The van der Waals surface area contributed by atoms with Crippen LogP contribution in [0.25, 0.3) is 16.8 Å². The normalized spacial score (nSPS) is 14.7. The second-order valence-corrected chi connectivity index (χ2v) is 8.46. The van der Waals surface area contributed by atoms with Crippen molar-refractivity contribution in [2.24, 2.45) is 0 Å². The Morgan fingerprint density at radius 3 is 2.50 bits per heavy atom. The van der Waals surface area contributed by atoms with E-state index in [0.29, 0.717) is 4.57 Å². The van der Waals surface area contributed by atoms with Gasteiger partial charge in [0.25, 0.3) is 12.0 Å². The summed E-state index contributed by atoms with van der Waals surface area (Å²) in [6.07, 6.45) is -0.600. The monoisotopic (exact) mass is 511 g/mol. The minimum Gasteiger partial charge on any atom is -0.380 e. The SMILES string of the molecule is N#CCn1c(N2CC(O)(C(F)F)C2)c(-c2ccc(F)c(Cl)c2)c(=O)n(-c2cncc(Cl)c2)c1=O. The summed E-state index contributed by atoms with van der Waals surface area (Å²) in [5, 5.41) is 19.2. The average molecular weight is 512 g/mol. The molecular formula is C21H14Cl2F3N5O3. The van der Waals surface area contributed by atoms with Crippen molar-refractivity contribution in [3.05, 3.63) is 73.4 Å². The molecule has 176 valence electrons. The maximum atomic E-state index is 13.8. The summed E-state index contributed by atoms with van der Waals surface area (Å²) in [6, 6.07) is 6.46. The number of nitrogens with zero attached hydrogens (tertiary/aromatic N) is 5. The minimum atomic E-state index is -3.08.